The quantitative estimate of drug-likeness (QED) is 0.613. The van der Waals surface area contributed by atoms with Crippen molar-refractivity contribution >= 4 is 0 Å². The molecule has 1 aliphatic rings. The van der Waals surface area contributed by atoms with Gasteiger partial charge in [0.05, 0.1) is 79.3 Å². The summed E-state index contributed by atoms with van der Waals surface area (Å²) in [7, 11) is 1.64. The number of ether oxygens (including phenoxy) is 8. The van der Waals surface area contributed by atoms with Crippen molar-refractivity contribution in [3.05, 3.63) is 0 Å². The largest absolute Gasteiger partial charge is 0.382 e. The van der Waals surface area contributed by atoms with Gasteiger partial charge in [-0.3, -0.25) is 0 Å². The highest BCUT2D eigenvalue weighted by Gasteiger charge is 2.26. The molecule has 0 radical (unpaired) electrons. The Hall–Kier alpha value is -0.320. The standard InChI is InChI=1S/C16H32O8/c1-16(23-13-11-18-4-3-17-2)15-22-10-9-20-6-5-19-7-8-21-12-14-24-16/h3-15H2,1-2H3. The fourth-order valence-electron chi connectivity index (χ4n) is 1.92. The Kier molecular flexibility index (Phi) is 13.6. The molecule has 1 aliphatic heterocycles. The molecule has 8 nitrogen and oxygen atoms in total. The van der Waals surface area contributed by atoms with Gasteiger partial charge < -0.3 is 37.9 Å². The second kappa shape index (κ2) is 15.0. The van der Waals surface area contributed by atoms with Gasteiger partial charge in [-0.1, -0.05) is 0 Å². The van der Waals surface area contributed by atoms with Crippen molar-refractivity contribution in [1.29, 1.82) is 0 Å². The molecule has 0 aromatic rings. The summed E-state index contributed by atoms with van der Waals surface area (Å²) in [4.78, 5) is 0. The van der Waals surface area contributed by atoms with E-state index < -0.39 is 5.79 Å². The van der Waals surface area contributed by atoms with Crippen molar-refractivity contribution in [2.45, 2.75) is 12.7 Å². The molecule has 1 atom stereocenters. The second-order valence-electron chi connectivity index (χ2n) is 5.33. The summed E-state index contributed by atoms with van der Waals surface area (Å²) in [5.74, 6) is -0.843. The molecule has 24 heavy (non-hydrogen) atoms. The summed E-state index contributed by atoms with van der Waals surface area (Å²) in [5, 5.41) is 0. The first-order chi connectivity index (χ1) is 11.8. The lowest BCUT2D eigenvalue weighted by atomic mass is 10.3. The van der Waals surface area contributed by atoms with Crippen molar-refractivity contribution in [3.63, 3.8) is 0 Å². The van der Waals surface area contributed by atoms with Gasteiger partial charge in [-0.2, -0.15) is 0 Å². The smallest absolute Gasteiger partial charge is 0.189 e. The highest BCUT2D eigenvalue weighted by Crippen LogP contribution is 2.13. The van der Waals surface area contributed by atoms with E-state index in [0.29, 0.717) is 85.9 Å². The van der Waals surface area contributed by atoms with Gasteiger partial charge in [-0.25, -0.2) is 0 Å². The Balaban J connectivity index is 2.29. The van der Waals surface area contributed by atoms with Crippen LogP contribution < -0.4 is 0 Å². The third-order valence-electron chi connectivity index (χ3n) is 3.18. The van der Waals surface area contributed by atoms with E-state index in [0.717, 1.165) is 0 Å². The number of hydrogen-bond acceptors (Lipinski definition) is 8. The summed E-state index contributed by atoms with van der Waals surface area (Å²) >= 11 is 0. The first-order valence-corrected chi connectivity index (χ1v) is 8.42. The molecular formula is C16H32O8. The summed E-state index contributed by atoms with van der Waals surface area (Å²) in [6.07, 6.45) is 0. The summed E-state index contributed by atoms with van der Waals surface area (Å²) in [6, 6.07) is 0. The lowest BCUT2D eigenvalue weighted by Gasteiger charge is -2.30. The predicted octanol–water partition coefficient (Wildman–Crippen LogP) is 0.479. The SMILES string of the molecule is COCCOCCOC1(C)COCCOCCOCCOCCO1. The van der Waals surface area contributed by atoms with Crippen molar-refractivity contribution in [2.24, 2.45) is 0 Å². The van der Waals surface area contributed by atoms with Gasteiger partial charge in [0, 0.05) is 7.11 Å². The summed E-state index contributed by atoms with van der Waals surface area (Å²) < 4.78 is 43.7. The Morgan fingerprint density at radius 1 is 0.708 bits per heavy atom. The van der Waals surface area contributed by atoms with Crippen molar-refractivity contribution in [1.82, 2.24) is 0 Å². The van der Waals surface area contributed by atoms with Gasteiger partial charge in [0.2, 0.25) is 0 Å². The molecule has 0 spiro atoms. The van der Waals surface area contributed by atoms with Crippen LogP contribution in [0.15, 0.2) is 0 Å². The Labute approximate surface area is 144 Å². The molecule has 0 saturated carbocycles. The first kappa shape index (κ1) is 21.7. The van der Waals surface area contributed by atoms with Gasteiger partial charge in [0.25, 0.3) is 0 Å². The van der Waals surface area contributed by atoms with Crippen LogP contribution in [0.1, 0.15) is 6.92 Å². The molecular weight excluding hydrogens is 320 g/mol. The molecule has 0 bridgehead atoms. The maximum absolute atomic E-state index is 5.80. The average Bonchev–Trinajstić information content (AvgIpc) is 2.58. The highest BCUT2D eigenvalue weighted by molar-refractivity contribution is 4.63. The first-order valence-electron chi connectivity index (χ1n) is 8.42. The summed E-state index contributed by atoms with van der Waals surface area (Å²) in [6.45, 7) is 8.22. The molecule has 8 heteroatoms. The Morgan fingerprint density at radius 2 is 1.25 bits per heavy atom. The fraction of sp³-hybridized carbons (Fsp3) is 1.00. The van der Waals surface area contributed by atoms with Gasteiger partial charge >= 0.3 is 0 Å². The molecule has 1 heterocycles. The number of hydrogen-bond donors (Lipinski definition) is 0. The minimum Gasteiger partial charge on any atom is -0.382 e. The molecule has 0 aliphatic carbocycles. The Bertz CT molecular complexity index is 261. The predicted molar refractivity (Wildman–Crippen MR) is 86.3 cm³/mol. The number of methoxy groups -OCH3 is 1. The molecule has 144 valence electrons. The van der Waals surface area contributed by atoms with Crippen LogP contribution in [-0.2, 0) is 37.9 Å². The van der Waals surface area contributed by atoms with Crippen LogP contribution in [0.2, 0.25) is 0 Å². The van der Waals surface area contributed by atoms with Crippen LogP contribution in [0.5, 0.6) is 0 Å². The van der Waals surface area contributed by atoms with E-state index in [-0.39, 0.29) is 0 Å². The maximum Gasteiger partial charge on any atom is 0.189 e. The molecule has 0 amide bonds. The maximum atomic E-state index is 5.80. The topological polar surface area (TPSA) is 73.8 Å². The zero-order valence-corrected chi connectivity index (χ0v) is 15.0. The van der Waals surface area contributed by atoms with Gasteiger partial charge in [-0.05, 0) is 6.92 Å². The van der Waals surface area contributed by atoms with Gasteiger partial charge in [0.1, 0.15) is 6.61 Å². The third-order valence-corrected chi connectivity index (χ3v) is 3.18. The molecule has 0 N–H and O–H groups in total. The van der Waals surface area contributed by atoms with Crippen LogP contribution in [0.3, 0.4) is 0 Å². The lowest BCUT2D eigenvalue weighted by Crippen LogP contribution is -2.40. The second-order valence-corrected chi connectivity index (χ2v) is 5.33. The lowest BCUT2D eigenvalue weighted by molar-refractivity contribution is -0.258. The van der Waals surface area contributed by atoms with Crippen molar-refractivity contribution in [2.75, 3.05) is 93.0 Å². The summed E-state index contributed by atoms with van der Waals surface area (Å²) in [5.41, 5.74) is 0. The van der Waals surface area contributed by atoms with Gasteiger partial charge in [0.15, 0.2) is 5.79 Å². The highest BCUT2D eigenvalue weighted by atomic mass is 16.7. The average molecular weight is 352 g/mol. The molecule has 1 saturated heterocycles. The van der Waals surface area contributed by atoms with E-state index >= 15 is 0 Å². The Morgan fingerprint density at radius 3 is 1.88 bits per heavy atom. The molecule has 0 aromatic carbocycles. The van der Waals surface area contributed by atoms with Crippen LogP contribution in [0.25, 0.3) is 0 Å². The van der Waals surface area contributed by atoms with E-state index in [9.17, 15) is 0 Å². The van der Waals surface area contributed by atoms with E-state index in [2.05, 4.69) is 0 Å². The fourth-order valence-corrected chi connectivity index (χ4v) is 1.92. The monoisotopic (exact) mass is 352 g/mol. The van der Waals surface area contributed by atoms with Crippen molar-refractivity contribution in [3.8, 4) is 0 Å². The van der Waals surface area contributed by atoms with Gasteiger partial charge in [-0.15, -0.1) is 0 Å². The van der Waals surface area contributed by atoms with E-state index in [1.165, 1.54) is 0 Å². The zero-order chi connectivity index (χ0) is 17.3. The normalized spacial score (nSPS) is 25.8. The number of rotatable bonds is 7. The van der Waals surface area contributed by atoms with Crippen LogP contribution in [0.4, 0.5) is 0 Å². The van der Waals surface area contributed by atoms with E-state index in [4.69, 9.17) is 37.9 Å². The molecule has 0 aromatic heterocycles. The molecule has 1 unspecified atom stereocenters. The molecule has 1 rings (SSSR count). The molecule has 1 fully saturated rings. The minimum absolute atomic E-state index is 0.310. The van der Waals surface area contributed by atoms with Crippen LogP contribution in [0, 0.1) is 0 Å². The van der Waals surface area contributed by atoms with E-state index in [1.807, 2.05) is 6.92 Å². The minimum atomic E-state index is -0.843. The third kappa shape index (κ3) is 12.1. The van der Waals surface area contributed by atoms with E-state index in [1.54, 1.807) is 7.11 Å². The van der Waals surface area contributed by atoms with Crippen molar-refractivity contribution < 1.29 is 37.9 Å². The zero-order valence-electron chi connectivity index (χ0n) is 15.0. The van der Waals surface area contributed by atoms with Crippen LogP contribution in [-0.4, -0.2) is 98.8 Å². The van der Waals surface area contributed by atoms with Crippen LogP contribution >= 0.6 is 0 Å².